The van der Waals surface area contributed by atoms with E-state index in [-0.39, 0.29) is 0 Å². The van der Waals surface area contributed by atoms with Gasteiger partial charge in [-0.05, 0) is 60.3 Å². The van der Waals surface area contributed by atoms with Crippen LogP contribution in [-0.2, 0) is 0 Å². The summed E-state index contributed by atoms with van der Waals surface area (Å²) in [5.74, 6) is 0.573. The van der Waals surface area contributed by atoms with Gasteiger partial charge in [0.25, 0.3) is 0 Å². The molecular formula is C16H23BrCl2N2. The molecular weight excluding hydrogens is 371 g/mol. The minimum Gasteiger partial charge on any atom is -0.367 e. The zero-order valence-electron chi connectivity index (χ0n) is 12.8. The molecule has 3 atom stereocenters. The van der Waals surface area contributed by atoms with Crippen molar-refractivity contribution in [1.82, 2.24) is 5.32 Å². The van der Waals surface area contributed by atoms with E-state index in [0.717, 1.165) is 29.7 Å². The molecule has 21 heavy (non-hydrogen) atoms. The molecule has 0 saturated carbocycles. The number of hydrogen-bond acceptors (Lipinski definition) is 2. The highest BCUT2D eigenvalue weighted by molar-refractivity contribution is 9.10. The maximum absolute atomic E-state index is 6.45. The summed E-state index contributed by atoms with van der Waals surface area (Å²) in [6, 6.07) is 5.05. The van der Waals surface area contributed by atoms with Gasteiger partial charge < -0.3 is 10.2 Å². The fourth-order valence-corrected chi connectivity index (χ4v) is 3.94. The highest BCUT2D eigenvalue weighted by atomic mass is 79.9. The smallest absolute Gasteiger partial charge is 0.0837 e. The van der Waals surface area contributed by atoms with Crippen molar-refractivity contribution in [2.24, 2.45) is 5.92 Å². The predicted octanol–water partition coefficient (Wildman–Crippen LogP) is 5.36. The number of benzene rings is 1. The quantitative estimate of drug-likeness (QED) is 0.692. The van der Waals surface area contributed by atoms with Gasteiger partial charge in [0.15, 0.2) is 0 Å². The van der Waals surface area contributed by atoms with Crippen LogP contribution in [0.2, 0.25) is 10.0 Å². The Bertz CT molecular complexity index is 495. The first-order valence-electron chi connectivity index (χ1n) is 7.60. The Kier molecular flexibility index (Phi) is 6.25. The average molecular weight is 394 g/mol. The lowest BCUT2D eigenvalue weighted by Gasteiger charge is -2.44. The zero-order valence-corrected chi connectivity index (χ0v) is 15.9. The Morgan fingerprint density at radius 1 is 1.29 bits per heavy atom. The van der Waals surface area contributed by atoms with E-state index in [1.807, 2.05) is 6.07 Å². The lowest BCUT2D eigenvalue weighted by Crippen LogP contribution is -2.53. The van der Waals surface area contributed by atoms with E-state index < -0.39 is 0 Å². The van der Waals surface area contributed by atoms with Crippen LogP contribution >= 0.6 is 39.1 Å². The molecule has 1 aliphatic heterocycles. The van der Waals surface area contributed by atoms with Crippen LogP contribution in [0.5, 0.6) is 0 Å². The Morgan fingerprint density at radius 3 is 2.67 bits per heavy atom. The minimum absolute atomic E-state index is 0.433. The molecule has 1 aromatic rings. The van der Waals surface area contributed by atoms with Crippen molar-refractivity contribution >= 4 is 44.8 Å². The molecule has 2 rings (SSSR count). The first kappa shape index (κ1) is 17.4. The van der Waals surface area contributed by atoms with Gasteiger partial charge in [-0.3, -0.25) is 0 Å². The van der Waals surface area contributed by atoms with Crippen LogP contribution in [0.1, 0.15) is 33.6 Å². The van der Waals surface area contributed by atoms with Crippen LogP contribution in [-0.4, -0.2) is 25.2 Å². The van der Waals surface area contributed by atoms with E-state index in [1.54, 1.807) is 0 Å². The van der Waals surface area contributed by atoms with Crippen LogP contribution in [0.3, 0.4) is 0 Å². The summed E-state index contributed by atoms with van der Waals surface area (Å²) in [6.45, 7) is 8.90. The van der Waals surface area contributed by atoms with Gasteiger partial charge in [0, 0.05) is 23.1 Å². The molecule has 1 heterocycles. The van der Waals surface area contributed by atoms with Crippen molar-refractivity contribution in [3.63, 3.8) is 0 Å². The van der Waals surface area contributed by atoms with Gasteiger partial charge in [0.2, 0.25) is 0 Å². The monoisotopic (exact) mass is 392 g/mol. The van der Waals surface area contributed by atoms with Crippen molar-refractivity contribution in [2.75, 3.05) is 18.0 Å². The lowest BCUT2D eigenvalue weighted by atomic mass is 9.86. The Morgan fingerprint density at radius 2 is 2.00 bits per heavy atom. The minimum atomic E-state index is 0.433. The number of anilines is 1. The van der Waals surface area contributed by atoms with Crippen LogP contribution in [0, 0.1) is 5.92 Å². The van der Waals surface area contributed by atoms with Crippen LogP contribution in [0.15, 0.2) is 16.6 Å². The zero-order chi connectivity index (χ0) is 15.6. The fourth-order valence-electron chi connectivity index (χ4n) is 3.06. The van der Waals surface area contributed by atoms with Gasteiger partial charge in [0.05, 0.1) is 15.7 Å². The van der Waals surface area contributed by atoms with Gasteiger partial charge in [-0.1, -0.05) is 37.0 Å². The fraction of sp³-hybridized carbons (Fsp3) is 0.625. The summed E-state index contributed by atoms with van der Waals surface area (Å²) in [6.07, 6.45) is 2.31. The highest BCUT2D eigenvalue weighted by Crippen LogP contribution is 2.40. The summed E-state index contributed by atoms with van der Waals surface area (Å²) in [5.41, 5.74) is 1.04. The van der Waals surface area contributed by atoms with Crippen molar-refractivity contribution in [2.45, 2.75) is 45.7 Å². The summed E-state index contributed by atoms with van der Waals surface area (Å²) in [5, 5.41) is 4.91. The molecule has 0 radical (unpaired) electrons. The molecule has 2 nitrogen and oxygen atoms in total. The van der Waals surface area contributed by atoms with Crippen molar-refractivity contribution in [3.05, 3.63) is 26.7 Å². The van der Waals surface area contributed by atoms with E-state index >= 15 is 0 Å². The van der Waals surface area contributed by atoms with Gasteiger partial charge >= 0.3 is 0 Å². The maximum atomic E-state index is 6.45. The first-order valence-corrected chi connectivity index (χ1v) is 9.15. The molecule has 1 N–H and O–H groups in total. The molecule has 5 heteroatoms. The first-order chi connectivity index (χ1) is 9.97. The van der Waals surface area contributed by atoms with Crippen LogP contribution in [0.25, 0.3) is 0 Å². The van der Waals surface area contributed by atoms with Crippen molar-refractivity contribution < 1.29 is 0 Å². The van der Waals surface area contributed by atoms with Crippen molar-refractivity contribution in [3.8, 4) is 0 Å². The molecule has 0 amide bonds. The van der Waals surface area contributed by atoms with Gasteiger partial charge in [0.1, 0.15) is 0 Å². The molecule has 0 spiro atoms. The van der Waals surface area contributed by atoms with Crippen LogP contribution in [0.4, 0.5) is 5.69 Å². The standard InChI is InChI=1S/C16H23BrCl2N2/c1-4-8-20-13-7-9-21(11(3)10(13)2)14-6-5-12(17)15(18)16(14)19/h5-6,10-11,13,20H,4,7-9H2,1-3H3. The molecule has 3 unspecified atom stereocenters. The van der Waals surface area contributed by atoms with E-state index in [4.69, 9.17) is 23.2 Å². The molecule has 1 saturated heterocycles. The summed E-state index contributed by atoms with van der Waals surface area (Å²) in [7, 11) is 0. The third kappa shape index (κ3) is 3.69. The molecule has 1 aromatic carbocycles. The van der Waals surface area contributed by atoms with Crippen molar-refractivity contribution in [1.29, 1.82) is 0 Å². The second-order valence-electron chi connectivity index (χ2n) is 5.84. The van der Waals surface area contributed by atoms with E-state index in [9.17, 15) is 0 Å². The number of hydrogen-bond donors (Lipinski definition) is 1. The normalized spacial score (nSPS) is 26.2. The Balaban J connectivity index is 2.18. The number of rotatable bonds is 4. The molecule has 1 fully saturated rings. The Hall–Kier alpha value is 0.0400. The average Bonchev–Trinajstić information content (AvgIpc) is 2.47. The Labute approximate surface area is 146 Å². The SMILES string of the molecule is CCCNC1CCN(c2ccc(Br)c(Cl)c2Cl)C(C)C1C. The lowest BCUT2D eigenvalue weighted by molar-refractivity contribution is 0.271. The topological polar surface area (TPSA) is 15.3 Å². The number of halogens is 3. The van der Waals surface area contributed by atoms with E-state index in [1.165, 1.54) is 6.42 Å². The van der Waals surface area contributed by atoms with Crippen LogP contribution < -0.4 is 10.2 Å². The van der Waals surface area contributed by atoms with E-state index in [2.05, 4.69) is 53.0 Å². The summed E-state index contributed by atoms with van der Waals surface area (Å²) in [4.78, 5) is 2.38. The predicted molar refractivity (Wildman–Crippen MR) is 96.8 cm³/mol. The molecule has 0 aliphatic carbocycles. The highest BCUT2D eigenvalue weighted by Gasteiger charge is 2.33. The number of nitrogens with one attached hydrogen (secondary N) is 1. The second-order valence-corrected chi connectivity index (χ2v) is 7.45. The largest absolute Gasteiger partial charge is 0.367 e. The molecule has 0 bridgehead atoms. The number of nitrogens with zero attached hydrogens (tertiary/aromatic N) is 1. The third-order valence-electron chi connectivity index (χ3n) is 4.55. The second kappa shape index (κ2) is 7.54. The summed E-state index contributed by atoms with van der Waals surface area (Å²) < 4.78 is 0.845. The molecule has 0 aromatic heterocycles. The van der Waals surface area contributed by atoms with Gasteiger partial charge in [-0.25, -0.2) is 0 Å². The number of piperidine rings is 1. The maximum Gasteiger partial charge on any atom is 0.0837 e. The third-order valence-corrected chi connectivity index (χ3v) is 6.31. The van der Waals surface area contributed by atoms with E-state index in [0.29, 0.717) is 28.0 Å². The van der Waals surface area contributed by atoms with Gasteiger partial charge in [-0.15, -0.1) is 0 Å². The summed E-state index contributed by atoms with van der Waals surface area (Å²) >= 11 is 16.1. The van der Waals surface area contributed by atoms with Gasteiger partial charge in [-0.2, -0.15) is 0 Å². The molecule has 118 valence electrons. The molecule has 1 aliphatic rings.